The van der Waals surface area contributed by atoms with E-state index in [-0.39, 0.29) is 5.41 Å². The third-order valence-electron chi connectivity index (χ3n) is 4.75. The van der Waals surface area contributed by atoms with Crippen LogP contribution in [0.5, 0.6) is 0 Å². The molecule has 21 heavy (non-hydrogen) atoms. The van der Waals surface area contributed by atoms with Crippen LogP contribution in [0.25, 0.3) is 0 Å². The number of primary amides is 1. The van der Waals surface area contributed by atoms with Gasteiger partial charge in [0.1, 0.15) is 5.69 Å². The smallest absolute Gasteiger partial charge is 0.269 e. The number of aromatic nitrogens is 2. The molecule has 2 heterocycles. The van der Waals surface area contributed by atoms with Gasteiger partial charge >= 0.3 is 0 Å². The lowest BCUT2D eigenvalue weighted by Crippen LogP contribution is -2.56. The Labute approximate surface area is 124 Å². The fourth-order valence-electron chi connectivity index (χ4n) is 4.06. The Hall–Kier alpha value is -1.40. The first-order valence-electron chi connectivity index (χ1n) is 7.53. The highest BCUT2D eigenvalue weighted by Gasteiger charge is 2.53. The number of nitrogens with two attached hydrogens (primary N) is 1. The first-order chi connectivity index (χ1) is 9.70. The van der Waals surface area contributed by atoms with Crippen molar-refractivity contribution in [1.29, 1.82) is 0 Å². The Morgan fingerprint density at radius 3 is 2.62 bits per heavy atom. The van der Waals surface area contributed by atoms with Gasteiger partial charge in [0.05, 0.1) is 11.3 Å². The Morgan fingerprint density at radius 2 is 2.10 bits per heavy atom. The lowest BCUT2D eigenvalue weighted by molar-refractivity contribution is -0.133. The summed E-state index contributed by atoms with van der Waals surface area (Å²) in [6, 6.07) is 2.21. The zero-order valence-corrected chi connectivity index (χ0v) is 13.0. The average molecular weight is 292 g/mol. The van der Waals surface area contributed by atoms with Crippen LogP contribution >= 0.6 is 0 Å². The molecule has 1 aliphatic heterocycles. The van der Waals surface area contributed by atoms with E-state index in [1.807, 2.05) is 11.6 Å². The van der Waals surface area contributed by atoms with Crippen molar-refractivity contribution < 1.29 is 9.90 Å². The summed E-state index contributed by atoms with van der Waals surface area (Å²) in [6.07, 6.45) is 1.54. The third-order valence-corrected chi connectivity index (χ3v) is 4.75. The predicted molar refractivity (Wildman–Crippen MR) is 78.6 cm³/mol. The second-order valence-electron chi connectivity index (χ2n) is 7.39. The van der Waals surface area contributed by atoms with E-state index in [4.69, 9.17) is 5.73 Å². The minimum Gasteiger partial charge on any atom is -0.390 e. The van der Waals surface area contributed by atoms with Gasteiger partial charge in [-0.3, -0.25) is 14.4 Å². The number of nitrogens with zero attached hydrogens (tertiary/aromatic N) is 3. The molecule has 3 rings (SSSR count). The summed E-state index contributed by atoms with van der Waals surface area (Å²) >= 11 is 0. The standard InChI is InChI=1S/C15H24N4O2/c1-10(2)18-5-11-4-12(13(16)20)17-19(11)9-15(8-18)6-14(3,21)7-15/h4,10,21H,5-9H2,1-3H3,(H2,16,20). The molecular weight excluding hydrogens is 268 g/mol. The van der Waals surface area contributed by atoms with E-state index < -0.39 is 11.5 Å². The van der Waals surface area contributed by atoms with Crippen molar-refractivity contribution in [3.63, 3.8) is 0 Å². The Bertz CT molecular complexity index is 568. The van der Waals surface area contributed by atoms with Crippen molar-refractivity contribution in [3.05, 3.63) is 17.5 Å². The maximum Gasteiger partial charge on any atom is 0.269 e. The minimum atomic E-state index is -0.577. The average Bonchev–Trinajstić information content (AvgIpc) is 2.62. The van der Waals surface area contributed by atoms with Gasteiger partial charge in [0.25, 0.3) is 5.91 Å². The molecule has 0 saturated heterocycles. The zero-order valence-electron chi connectivity index (χ0n) is 13.0. The number of carbonyl (C=O) groups is 1. The van der Waals surface area contributed by atoms with Crippen molar-refractivity contribution in [3.8, 4) is 0 Å². The number of hydrogen-bond donors (Lipinski definition) is 2. The molecule has 1 saturated carbocycles. The molecule has 0 aromatic carbocycles. The number of carbonyl (C=O) groups excluding carboxylic acids is 1. The SMILES string of the molecule is CC(C)N1Cc2cc(C(N)=O)nn2CC2(C1)CC(C)(O)C2. The van der Waals surface area contributed by atoms with Crippen LogP contribution in [0.1, 0.15) is 49.8 Å². The molecule has 1 aromatic rings. The second-order valence-corrected chi connectivity index (χ2v) is 7.39. The molecule has 6 heteroatoms. The summed E-state index contributed by atoms with van der Waals surface area (Å²) in [6.45, 7) is 8.70. The number of hydrogen-bond acceptors (Lipinski definition) is 4. The fraction of sp³-hybridized carbons (Fsp3) is 0.733. The maximum absolute atomic E-state index is 11.4. The molecule has 1 aliphatic carbocycles. The van der Waals surface area contributed by atoms with E-state index in [1.165, 1.54) is 0 Å². The quantitative estimate of drug-likeness (QED) is 0.842. The molecule has 1 aromatic heterocycles. The van der Waals surface area contributed by atoms with E-state index in [2.05, 4.69) is 23.8 Å². The van der Waals surface area contributed by atoms with Crippen LogP contribution in [0, 0.1) is 5.41 Å². The van der Waals surface area contributed by atoms with Crippen LogP contribution in [0.3, 0.4) is 0 Å². The molecule has 3 N–H and O–H groups in total. The monoisotopic (exact) mass is 292 g/mol. The molecule has 1 fully saturated rings. The summed E-state index contributed by atoms with van der Waals surface area (Å²) in [7, 11) is 0. The van der Waals surface area contributed by atoms with Gasteiger partial charge in [-0.15, -0.1) is 0 Å². The Kier molecular flexibility index (Phi) is 3.15. The molecule has 1 spiro atoms. The fourth-order valence-corrected chi connectivity index (χ4v) is 4.06. The van der Waals surface area contributed by atoms with E-state index in [0.29, 0.717) is 11.7 Å². The van der Waals surface area contributed by atoms with Gasteiger partial charge in [-0.25, -0.2) is 0 Å². The van der Waals surface area contributed by atoms with Crippen molar-refractivity contribution in [1.82, 2.24) is 14.7 Å². The first-order valence-corrected chi connectivity index (χ1v) is 7.53. The van der Waals surface area contributed by atoms with Crippen LogP contribution < -0.4 is 5.73 Å². The number of aliphatic hydroxyl groups is 1. The van der Waals surface area contributed by atoms with Gasteiger partial charge in [-0.1, -0.05) is 0 Å². The van der Waals surface area contributed by atoms with Gasteiger partial charge in [0.15, 0.2) is 0 Å². The number of amides is 1. The highest BCUT2D eigenvalue weighted by molar-refractivity contribution is 5.90. The van der Waals surface area contributed by atoms with Crippen molar-refractivity contribution in [2.24, 2.45) is 11.1 Å². The highest BCUT2D eigenvalue weighted by Crippen LogP contribution is 2.51. The third kappa shape index (κ3) is 2.58. The van der Waals surface area contributed by atoms with E-state index in [0.717, 1.165) is 38.2 Å². The molecule has 6 nitrogen and oxygen atoms in total. The van der Waals surface area contributed by atoms with Gasteiger partial charge in [-0.05, 0) is 39.7 Å². The van der Waals surface area contributed by atoms with E-state index >= 15 is 0 Å². The van der Waals surface area contributed by atoms with Crippen molar-refractivity contribution in [2.75, 3.05) is 6.54 Å². The summed E-state index contributed by atoms with van der Waals surface area (Å²) in [4.78, 5) is 13.8. The molecule has 2 aliphatic rings. The largest absolute Gasteiger partial charge is 0.390 e. The number of fused-ring (bicyclic) bond motifs is 1. The minimum absolute atomic E-state index is 0.0416. The number of rotatable bonds is 2. The molecule has 0 bridgehead atoms. The van der Waals surface area contributed by atoms with Crippen molar-refractivity contribution in [2.45, 2.75) is 58.3 Å². The summed E-state index contributed by atoms with van der Waals surface area (Å²) in [5.74, 6) is -0.485. The van der Waals surface area contributed by atoms with Crippen LogP contribution in [0.2, 0.25) is 0 Å². The lowest BCUT2D eigenvalue weighted by Gasteiger charge is -2.53. The zero-order chi connectivity index (χ0) is 15.4. The van der Waals surface area contributed by atoms with Crippen LogP contribution in [0.15, 0.2) is 6.07 Å². The molecule has 0 radical (unpaired) electrons. The normalized spacial score (nSPS) is 32.8. The van der Waals surface area contributed by atoms with Gasteiger partial charge < -0.3 is 10.8 Å². The Morgan fingerprint density at radius 1 is 1.43 bits per heavy atom. The molecular formula is C15H24N4O2. The molecule has 1 amide bonds. The first kappa shape index (κ1) is 14.5. The van der Waals surface area contributed by atoms with Gasteiger partial charge in [-0.2, -0.15) is 5.10 Å². The van der Waals surface area contributed by atoms with E-state index in [1.54, 1.807) is 6.07 Å². The van der Waals surface area contributed by atoms with Crippen LogP contribution in [-0.4, -0.2) is 43.9 Å². The summed E-state index contributed by atoms with van der Waals surface area (Å²) < 4.78 is 1.91. The van der Waals surface area contributed by atoms with Crippen LogP contribution in [0.4, 0.5) is 0 Å². The summed E-state index contributed by atoms with van der Waals surface area (Å²) in [5.41, 5.74) is 6.17. The molecule has 0 atom stereocenters. The lowest BCUT2D eigenvalue weighted by atomic mass is 9.59. The van der Waals surface area contributed by atoms with Crippen molar-refractivity contribution >= 4 is 5.91 Å². The second kappa shape index (κ2) is 4.55. The highest BCUT2D eigenvalue weighted by atomic mass is 16.3. The maximum atomic E-state index is 11.4. The molecule has 0 unspecified atom stereocenters. The van der Waals surface area contributed by atoms with Gasteiger partial charge in [0, 0.05) is 31.1 Å². The van der Waals surface area contributed by atoms with Crippen LogP contribution in [-0.2, 0) is 13.1 Å². The predicted octanol–water partition coefficient (Wildman–Crippen LogP) is 0.737. The van der Waals surface area contributed by atoms with E-state index in [9.17, 15) is 9.90 Å². The Balaban J connectivity index is 1.94. The molecule has 116 valence electrons. The summed E-state index contributed by atoms with van der Waals surface area (Å²) in [5, 5.41) is 14.5. The van der Waals surface area contributed by atoms with Gasteiger partial charge in [0.2, 0.25) is 0 Å². The topological polar surface area (TPSA) is 84.4 Å².